The van der Waals surface area contributed by atoms with Crippen LogP contribution in [0.3, 0.4) is 0 Å². The molecule has 0 aliphatic rings. The summed E-state index contributed by atoms with van der Waals surface area (Å²) in [4.78, 5) is 23.3. The number of phosphoric ester groups is 1. The fraction of sp³-hybridized carbons (Fsp3) is 0.857. The molecule has 0 radical (unpaired) electrons. The molecule has 0 bridgehead atoms. The largest absolute Gasteiger partial charge is 0.472 e. The third kappa shape index (κ3) is 56.2. The standard InChI is InChI=1S/C63H121N2O6P/c1-6-8-10-12-14-16-18-20-22-24-26-28-30-31-32-33-35-37-39-41-43-45-47-49-51-53-55-57-63(67)64-61(60-71-72(68,69)70-59-58-65(3,4)5)62(66)56-54-52-50-48-46-44-42-40-38-36-34-29-27-25-23-21-19-17-15-13-11-9-7-2/h24,26,38,40,46,48,54,56,61-62,66H,6-23,25,27-37,39,41-45,47,49-53,55,57-60H2,1-5H3,(H-,64,67,68,69)/p+1/b26-24-,40-38+,48-46+,56-54+. The average Bonchev–Trinajstić information content (AvgIpc) is 3.34. The van der Waals surface area contributed by atoms with E-state index in [0.717, 1.165) is 44.9 Å². The van der Waals surface area contributed by atoms with Crippen molar-refractivity contribution in [2.45, 2.75) is 309 Å². The van der Waals surface area contributed by atoms with Crippen LogP contribution in [0.5, 0.6) is 0 Å². The van der Waals surface area contributed by atoms with Gasteiger partial charge < -0.3 is 19.8 Å². The second kappa shape index (κ2) is 54.3. The summed E-state index contributed by atoms with van der Waals surface area (Å²) in [5.74, 6) is -0.187. The number of nitrogens with zero attached hydrogens (tertiary/aromatic N) is 1. The van der Waals surface area contributed by atoms with Gasteiger partial charge in [0.05, 0.1) is 39.9 Å². The number of amides is 1. The molecule has 0 spiro atoms. The van der Waals surface area contributed by atoms with Crippen molar-refractivity contribution in [1.82, 2.24) is 5.32 Å². The second-order valence-corrected chi connectivity index (χ2v) is 23.9. The van der Waals surface area contributed by atoms with Crippen LogP contribution in [0.2, 0.25) is 0 Å². The molecule has 1 amide bonds. The van der Waals surface area contributed by atoms with E-state index in [1.807, 2.05) is 27.2 Å². The van der Waals surface area contributed by atoms with E-state index in [9.17, 15) is 19.4 Å². The molecule has 8 nitrogen and oxygen atoms in total. The molecule has 72 heavy (non-hydrogen) atoms. The van der Waals surface area contributed by atoms with Gasteiger partial charge in [0, 0.05) is 6.42 Å². The Labute approximate surface area is 448 Å². The normalized spacial score (nSPS) is 14.2. The number of hydrogen-bond acceptors (Lipinski definition) is 5. The van der Waals surface area contributed by atoms with Gasteiger partial charge in [0.1, 0.15) is 13.2 Å². The van der Waals surface area contributed by atoms with E-state index >= 15 is 0 Å². The lowest BCUT2D eigenvalue weighted by molar-refractivity contribution is -0.870. The summed E-state index contributed by atoms with van der Waals surface area (Å²) in [6.45, 7) is 4.82. The molecule has 0 aromatic heterocycles. The van der Waals surface area contributed by atoms with Gasteiger partial charge in [0.15, 0.2) is 0 Å². The molecule has 0 fully saturated rings. The van der Waals surface area contributed by atoms with E-state index in [-0.39, 0.29) is 19.1 Å². The SMILES string of the molecule is CCCCCCCCCC/C=C\CCCCCCCCCCCCCCCCCC(=O)NC(COP(=O)(O)OCC[N+](C)(C)C)C(O)/C=C/CC/C=C/CC/C=C/CCCCCCCCCCCCCCC. The fourth-order valence-corrected chi connectivity index (χ4v) is 9.87. The highest BCUT2D eigenvalue weighted by Crippen LogP contribution is 2.43. The Morgan fingerprint density at radius 2 is 0.764 bits per heavy atom. The number of phosphoric acid groups is 1. The van der Waals surface area contributed by atoms with Crippen molar-refractivity contribution in [3.8, 4) is 0 Å². The number of carbonyl (C=O) groups excluding carboxylic acids is 1. The van der Waals surface area contributed by atoms with Crippen LogP contribution in [-0.2, 0) is 18.4 Å². The van der Waals surface area contributed by atoms with Gasteiger partial charge in [-0.1, -0.05) is 268 Å². The first-order valence-corrected chi connectivity index (χ1v) is 32.5. The van der Waals surface area contributed by atoms with Gasteiger partial charge in [0.25, 0.3) is 0 Å². The van der Waals surface area contributed by atoms with Gasteiger partial charge in [-0.2, -0.15) is 0 Å². The highest BCUT2D eigenvalue weighted by atomic mass is 31.2. The maximum Gasteiger partial charge on any atom is 0.472 e. The van der Waals surface area contributed by atoms with Crippen molar-refractivity contribution >= 4 is 13.7 Å². The molecule has 9 heteroatoms. The maximum absolute atomic E-state index is 13.0. The molecule has 3 unspecified atom stereocenters. The van der Waals surface area contributed by atoms with Crippen molar-refractivity contribution in [1.29, 1.82) is 0 Å². The molecule has 0 saturated heterocycles. The van der Waals surface area contributed by atoms with Gasteiger partial charge >= 0.3 is 7.82 Å². The first-order chi connectivity index (χ1) is 35.0. The Bertz CT molecular complexity index is 1310. The average molecular weight is 1030 g/mol. The third-order valence-electron chi connectivity index (χ3n) is 14.0. The molecular weight excluding hydrogens is 912 g/mol. The molecule has 3 atom stereocenters. The number of hydrogen-bond donors (Lipinski definition) is 3. The van der Waals surface area contributed by atoms with E-state index in [2.05, 4.69) is 55.6 Å². The minimum atomic E-state index is -4.36. The summed E-state index contributed by atoms with van der Waals surface area (Å²) >= 11 is 0. The van der Waals surface area contributed by atoms with Crippen LogP contribution < -0.4 is 5.32 Å². The van der Waals surface area contributed by atoms with Crippen LogP contribution in [0.1, 0.15) is 296 Å². The van der Waals surface area contributed by atoms with Crippen molar-refractivity contribution in [3.63, 3.8) is 0 Å². The Balaban J connectivity index is 4.20. The van der Waals surface area contributed by atoms with Gasteiger partial charge in [-0.05, 0) is 70.6 Å². The van der Waals surface area contributed by atoms with E-state index in [4.69, 9.17) is 9.05 Å². The number of unbranched alkanes of at least 4 members (excludes halogenated alkanes) is 38. The highest BCUT2D eigenvalue weighted by Gasteiger charge is 2.27. The number of quaternary nitrogens is 1. The quantitative estimate of drug-likeness (QED) is 0.0243. The minimum absolute atomic E-state index is 0.0538. The molecule has 0 saturated carbocycles. The summed E-state index contributed by atoms with van der Waals surface area (Å²) in [6, 6.07) is -0.871. The first kappa shape index (κ1) is 70.5. The van der Waals surface area contributed by atoms with Crippen molar-refractivity contribution < 1.29 is 32.9 Å². The number of allylic oxidation sites excluding steroid dienone is 7. The van der Waals surface area contributed by atoms with Gasteiger partial charge in [-0.15, -0.1) is 0 Å². The van der Waals surface area contributed by atoms with Crippen LogP contribution >= 0.6 is 7.82 Å². The number of aliphatic hydroxyl groups excluding tert-OH is 1. The summed E-state index contributed by atoms with van der Waals surface area (Å²) in [7, 11) is 1.55. The van der Waals surface area contributed by atoms with Crippen LogP contribution in [0.15, 0.2) is 48.6 Å². The molecule has 0 aliphatic heterocycles. The molecule has 0 aromatic rings. The lowest BCUT2D eigenvalue weighted by Gasteiger charge is -2.25. The van der Waals surface area contributed by atoms with Crippen LogP contribution in [0.4, 0.5) is 0 Å². The van der Waals surface area contributed by atoms with Crippen molar-refractivity contribution in [3.05, 3.63) is 48.6 Å². The fourth-order valence-electron chi connectivity index (χ4n) is 9.13. The number of nitrogens with one attached hydrogen (secondary N) is 1. The summed E-state index contributed by atoms with van der Waals surface area (Å²) in [6.07, 6.45) is 72.3. The van der Waals surface area contributed by atoms with E-state index < -0.39 is 20.0 Å². The second-order valence-electron chi connectivity index (χ2n) is 22.4. The molecule has 0 aliphatic carbocycles. The molecule has 0 aromatic carbocycles. The van der Waals surface area contributed by atoms with E-state index in [0.29, 0.717) is 17.4 Å². The van der Waals surface area contributed by atoms with E-state index in [1.54, 1.807) is 6.08 Å². The van der Waals surface area contributed by atoms with Crippen molar-refractivity contribution in [2.75, 3.05) is 40.9 Å². The lowest BCUT2D eigenvalue weighted by Crippen LogP contribution is -2.45. The Hall–Kier alpha value is -1.54. The summed E-state index contributed by atoms with van der Waals surface area (Å²) in [5.41, 5.74) is 0. The third-order valence-corrected chi connectivity index (χ3v) is 15.0. The Morgan fingerprint density at radius 3 is 1.11 bits per heavy atom. The van der Waals surface area contributed by atoms with Crippen LogP contribution in [-0.4, -0.2) is 73.4 Å². The first-order valence-electron chi connectivity index (χ1n) is 31.0. The van der Waals surface area contributed by atoms with Gasteiger partial charge in [-0.25, -0.2) is 4.57 Å². The van der Waals surface area contributed by atoms with Gasteiger partial charge in [-0.3, -0.25) is 13.8 Å². The molecule has 0 rings (SSSR count). The monoisotopic (exact) mass is 1030 g/mol. The van der Waals surface area contributed by atoms with Crippen LogP contribution in [0, 0.1) is 0 Å². The van der Waals surface area contributed by atoms with Crippen LogP contribution in [0.25, 0.3) is 0 Å². The predicted molar refractivity (Wildman–Crippen MR) is 314 cm³/mol. The zero-order valence-electron chi connectivity index (χ0n) is 48.4. The topological polar surface area (TPSA) is 105 Å². The number of rotatable bonds is 57. The lowest BCUT2D eigenvalue weighted by atomic mass is 10.0. The number of carbonyl (C=O) groups is 1. The zero-order valence-corrected chi connectivity index (χ0v) is 49.3. The van der Waals surface area contributed by atoms with Crippen molar-refractivity contribution in [2.24, 2.45) is 0 Å². The maximum atomic E-state index is 13.0. The molecule has 0 heterocycles. The zero-order chi connectivity index (χ0) is 52.7. The predicted octanol–water partition coefficient (Wildman–Crippen LogP) is 19.1. The Kier molecular flexibility index (Phi) is 53.1. The molecular formula is C63H122N2O6P+. The Morgan fingerprint density at radius 1 is 0.458 bits per heavy atom. The van der Waals surface area contributed by atoms with Gasteiger partial charge in [0.2, 0.25) is 5.91 Å². The molecule has 3 N–H and O–H groups in total. The van der Waals surface area contributed by atoms with E-state index in [1.165, 1.54) is 231 Å². The summed E-state index contributed by atoms with van der Waals surface area (Å²) < 4.78 is 23.7. The minimum Gasteiger partial charge on any atom is -0.387 e. The highest BCUT2D eigenvalue weighted by molar-refractivity contribution is 7.47. The number of aliphatic hydroxyl groups is 1. The molecule has 424 valence electrons. The summed E-state index contributed by atoms with van der Waals surface area (Å²) in [5, 5.41) is 13.9. The smallest absolute Gasteiger partial charge is 0.387 e. The number of likely N-dealkylation sites (N-methyl/N-ethyl adjacent to an activating group) is 1.